The highest BCUT2D eigenvalue weighted by Gasteiger charge is 2.20. The summed E-state index contributed by atoms with van der Waals surface area (Å²) in [5, 5.41) is 0.983. The molecule has 0 aliphatic heterocycles. The van der Waals surface area contributed by atoms with E-state index in [-0.39, 0.29) is 0 Å². The second-order valence-electron chi connectivity index (χ2n) is 7.45. The average Bonchev–Trinajstić information content (AvgIpc) is 3.30. The molecule has 0 saturated heterocycles. The lowest BCUT2D eigenvalue weighted by Gasteiger charge is -2.22. The minimum atomic E-state index is 0.743. The highest BCUT2D eigenvalue weighted by Crippen LogP contribution is 2.42. The van der Waals surface area contributed by atoms with Gasteiger partial charge in [-0.05, 0) is 35.4 Å². The first-order valence-corrected chi connectivity index (χ1v) is 12.1. The van der Waals surface area contributed by atoms with Gasteiger partial charge in [0, 0.05) is 15.7 Å². The summed E-state index contributed by atoms with van der Waals surface area (Å²) in [6.45, 7) is 0.743. The zero-order valence-corrected chi connectivity index (χ0v) is 19.8. The summed E-state index contributed by atoms with van der Waals surface area (Å²) in [5.41, 5.74) is 5.70. The molecule has 0 saturated carbocycles. The fraction of sp³-hybridized carbons (Fsp3) is 0.0357. The Morgan fingerprint density at radius 2 is 1.22 bits per heavy atom. The lowest BCUT2D eigenvalue weighted by Crippen LogP contribution is -2.16. The zero-order valence-electron chi connectivity index (χ0n) is 17.4. The van der Waals surface area contributed by atoms with Gasteiger partial charge in [0.05, 0.1) is 17.1 Å². The van der Waals surface area contributed by atoms with Gasteiger partial charge in [0.2, 0.25) is 0 Å². The molecule has 0 N–H and O–H groups in total. The lowest BCUT2D eigenvalue weighted by atomic mass is 10.1. The van der Waals surface area contributed by atoms with E-state index in [0.29, 0.717) is 0 Å². The van der Waals surface area contributed by atoms with Crippen molar-refractivity contribution in [3.8, 4) is 21.7 Å². The third-order valence-electron chi connectivity index (χ3n) is 5.25. The number of benzene rings is 4. The minimum Gasteiger partial charge on any atom is -0.313 e. The maximum atomic E-state index is 5.18. The van der Waals surface area contributed by atoms with Crippen LogP contribution in [0.5, 0.6) is 0 Å². The molecule has 0 aliphatic carbocycles. The molecular weight excluding hydrogens is 476 g/mol. The number of rotatable bonds is 6. The summed E-state index contributed by atoms with van der Waals surface area (Å²) >= 11 is 5.28. The average molecular weight is 497 g/mol. The summed E-state index contributed by atoms with van der Waals surface area (Å²) in [6.07, 6.45) is 0. The molecule has 0 amide bonds. The minimum absolute atomic E-state index is 0.743. The quantitative estimate of drug-likeness (QED) is 0.234. The molecule has 0 unspecified atom stereocenters. The standard InChI is InChI=1S/C28H21BrN2S/c29-24-18-16-21(17-19-24)20-31(25-14-8-3-9-15-25)28-30-26(22-10-4-1-5-11-22)27(32-28)23-12-6-2-7-13-23/h1-19H,20H2. The molecule has 0 radical (unpaired) electrons. The van der Waals surface area contributed by atoms with Crippen molar-refractivity contribution in [2.24, 2.45) is 0 Å². The van der Waals surface area contributed by atoms with E-state index >= 15 is 0 Å². The monoisotopic (exact) mass is 496 g/mol. The van der Waals surface area contributed by atoms with Crippen LogP contribution in [0.2, 0.25) is 0 Å². The Hall–Kier alpha value is -3.21. The van der Waals surface area contributed by atoms with E-state index in [1.165, 1.54) is 16.0 Å². The number of halogens is 1. The molecule has 0 aliphatic rings. The molecule has 156 valence electrons. The van der Waals surface area contributed by atoms with Crippen LogP contribution < -0.4 is 4.90 Å². The van der Waals surface area contributed by atoms with E-state index in [0.717, 1.165) is 33.1 Å². The van der Waals surface area contributed by atoms with Gasteiger partial charge < -0.3 is 4.90 Å². The SMILES string of the molecule is Brc1ccc(CN(c2ccccc2)c2nc(-c3ccccc3)c(-c3ccccc3)s2)cc1. The Labute approximate surface area is 201 Å². The van der Waals surface area contributed by atoms with Gasteiger partial charge >= 0.3 is 0 Å². The molecule has 0 atom stereocenters. The first-order valence-electron chi connectivity index (χ1n) is 10.5. The molecule has 5 aromatic rings. The molecule has 32 heavy (non-hydrogen) atoms. The molecule has 4 heteroatoms. The molecule has 1 heterocycles. The van der Waals surface area contributed by atoms with Crippen molar-refractivity contribution in [1.82, 2.24) is 4.98 Å². The molecule has 1 aromatic heterocycles. The van der Waals surface area contributed by atoms with E-state index in [4.69, 9.17) is 4.98 Å². The molecule has 5 rings (SSSR count). The van der Waals surface area contributed by atoms with E-state index in [1.807, 2.05) is 12.1 Å². The molecule has 4 aromatic carbocycles. The van der Waals surface area contributed by atoms with E-state index < -0.39 is 0 Å². The third kappa shape index (κ3) is 4.52. The second-order valence-corrected chi connectivity index (χ2v) is 9.35. The van der Waals surface area contributed by atoms with Crippen molar-refractivity contribution in [2.75, 3.05) is 4.90 Å². The van der Waals surface area contributed by atoms with Gasteiger partial charge in [0.1, 0.15) is 0 Å². The largest absolute Gasteiger partial charge is 0.313 e. The Morgan fingerprint density at radius 3 is 1.84 bits per heavy atom. The van der Waals surface area contributed by atoms with Gasteiger partial charge in [0.15, 0.2) is 5.13 Å². The predicted octanol–water partition coefficient (Wildman–Crippen LogP) is 8.58. The van der Waals surface area contributed by atoms with Crippen LogP contribution >= 0.6 is 27.3 Å². The Bertz CT molecular complexity index is 1230. The highest BCUT2D eigenvalue weighted by molar-refractivity contribution is 9.10. The van der Waals surface area contributed by atoms with E-state index in [9.17, 15) is 0 Å². The number of para-hydroxylation sites is 1. The van der Waals surface area contributed by atoms with Crippen molar-refractivity contribution >= 4 is 38.1 Å². The predicted molar refractivity (Wildman–Crippen MR) is 139 cm³/mol. The van der Waals surface area contributed by atoms with Gasteiger partial charge in [-0.2, -0.15) is 0 Å². The van der Waals surface area contributed by atoms with Crippen LogP contribution in [0.25, 0.3) is 21.7 Å². The van der Waals surface area contributed by atoms with Crippen molar-refractivity contribution in [3.63, 3.8) is 0 Å². The Morgan fingerprint density at radius 1 is 0.656 bits per heavy atom. The van der Waals surface area contributed by atoms with Gasteiger partial charge in [-0.3, -0.25) is 0 Å². The number of thiazole rings is 1. The Balaban J connectivity index is 1.64. The fourth-order valence-corrected chi connectivity index (χ4v) is 5.03. The van der Waals surface area contributed by atoms with Crippen molar-refractivity contribution in [3.05, 3.63) is 125 Å². The highest BCUT2D eigenvalue weighted by atomic mass is 79.9. The molecule has 0 spiro atoms. The van der Waals surface area contributed by atoms with Crippen LogP contribution in [0.15, 0.2) is 120 Å². The van der Waals surface area contributed by atoms with E-state index in [1.54, 1.807) is 11.3 Å². The normalized spacial score (nSPS) is 10.8. The summed E-state index contributed by atoms with van der Waals surface area (Å²) in [5.74, 6) is 0. The fourth-order valence-electron chi connectivity index (χ4n) is 3.65. The molecule has 0 bridgehead atoms. The maximum Gasteiger partial charge on any atom is 0.191 e. The maximum absolute atomic E-state index is 5.18. The first-order chi connectivity index (χ1) is 15.8. The van der Waals surface area contributed by atoms with Crippen LogP contribution in [-0.4, -0.2) is 4.98 Å². The zero-order chi connectivity index (χ0) is 21.8. The van der Waals surface area contributed by atoms with Crippen LogP contribution in [0.3, 0.4) is 0 Å². The van der Waals surface area contributed by atoms with Gasteiger partial charge in [-0.15, -0.1) is 0 Å². The number of anilines is 2. The van der Waals surface area contributed by atoms with Gasteiger partial charge in [-0.25, -0.2) is 4.98 Å². The number of aromatic nitrogens is 1. The van der Waals surface area contributed by atoms with Crippen molar-refractivity contribution < 1.29 is 0 Å². The molecule has 0 fully saturated rings. The number of nitrogens with zero attached hydrogens (tertiary/aromatic N) is 2. The van der Waals surface area contributed by atoms with Gasteiger partial charge in [-0.1, -0.05) is 118 Å². The molecular formula is C28H21BrN2S. The summed E-state index contributed by atoms with van der Waals surface area (Å²) in [4.78, 5) is 8.66. The van der Waals surface area contributed by atoms with Crippen LogP contribution in [-0.2, 0) is 6.54 Å². The van der Waals surface area contributed by atoms with Crippen molar-refractivity contribution in [1.29, 1.82) is 0 Å². The molecule has 2 nitrogen and oxygen atoms in total. The smallest absolute Gasteiger partial charge is 0.191 e. The van der Waals surface area contributed by atoms with Crippen molar-refractivity contribution in [2.45, 2.75) is 6.54 Å². The summed E-state index contributed by atoms with van der Waals surface area (Å²) in [7, 11) is 0. The van der Waals surface area contributed by atoms with Crippen LogP contribution in [0, 0.1) is 0 Å². The Kier molecular flexibility index (Phi) is 6.15. The van der Waals surface area contributed by atoms with Gasteiger partial charge in [0.25, 0.3) is 0 Å². The number of hydrogen-bond donors (Lipinski definition) is 0. The topological polar surface area (TPSA) is 16.1 Å². The summed E-state index contributed by atoms with van der Waals surface area (Å²) < 4.78 is 1.08. The summed E-state index contributed by atoms with van der Waals surface area (Å²) in [6, 6.07) is 40.0. The third-order valence-corrected chi connectivity index (χ3v) is 6.91. The first kappa shape index (κ1) is 20.7. The lowest BCUT2D eigenvalue weighted by molar-refractivity contribution is 0.966. The second kappa shape index (κ2) is 9.51. The number of hydrogen-bond acceptors (Lipinski definition) is 3. The van der Waals surface area contributed by atoms with E-state index in [2.05, 4.69) is 124 Å². The van der Waals surface area contributed by atoms with Crippen LogP contribution in [0.1, 0.15) is 5.56 Å². The van der Waals surface area contributed by atoms with Crippen LogP contribution in [0.4, 0.5) is 10.8 Å².